The van der Waals surface area contributed by atoms with Gasteiger partial charge in [-0.25, -0.2) is 4.99 Å². The smallest absolute Gasteiger partial charge is 0.387 e. The summed E-state index contributed by atoms with van der Waals surface area (Å²) >= 11 is 0. The fraction of sp³-hybridized carbons (Fsp3) is 0.588. The van der Waals surface area contributed by atoms with Crippen LogP contribution in [0.2, 0.25) is 0 Å². The van der Waals surface area contributed by atoms with Gasteiger partial charge in [-0.15, -0.1) is 0 Å². The highest BCUT2D eigenvalue weighted by Gasteiger charge is 2.22. The summed E-state index contributed by atoms with van der Waals surface area (Å²) in [4.78, 5) is 4.45. The highest BCUT2D eigenvalue weighted by molar-refractivity contribution is 5.80. The number of guanidine groups is 1. The predicted octanol–water partition coefficient (Wildman–Crippen LogP) is 3.29. The van der Waals surface area contributed by atoms with E-state index >= 15 is 0 Å². The second kappa shape index (κ2) is 9.30. The molecule has 0 radical (unpaired) electrons. The van der Waals surface area contributed by atoms with Gasteiger partial charge in [0, 0.05) is 24.2 Å². The number of ether oxygens (including phenoxy) is 2. The van der Waals surface area contributed by atoms with Crippen molar-refractivity contribution in [2.75, 3.05) is 13.2 Å². The van der Waals surface area contributed by atoms with Crippen molar-refractivity contribution < 1.29 is 18.3 Å². The highest BCUT2D eigenvalue weighted by Crippen LogP contribution is 2.27. The van der Waals surface area contributed by atoms with Crippen LogP contribution in [0.25, 0.3) is 0 Å². The van der Waals surface area contributed by atoms with Gasteiger partial charge in [-0.05, 0) is 38.3 Å². The molecule has 0 spiro atoms. The molecule has 5 nitrogen and oxygen atoms in total. The summed E-state index contributed by atoms with van der Waals surface area (Å²) in [6.45, 7) is 2.60. The number of nitrogens with one attached hydrogen (secondary N) is 2. The molecule has 1 aliphatic carbocycles. The van der Waals surface area contributed by atoms with E-state index in [9.17, 15) is 8.78 Å². The van der Waals surface area contributed by atoms with Crippen molar-refractivity contribution in [1.82, 2.24) is 10.6 Å². The molecule has 1 saturated carbocycles. The number of alkyl halides is 2. The Morgan fingerprint density at radius 1 is 1.33 bits per heavy atom. The Kier molecular flexibility index (Phi) is 7.08. The molecule has 2 N–H and O–H groups in total. The molecule has 0 amide bonds. The second-order valence-electron chi connectivity index (χ2n) is 5.61. The van der Waals surface area contributed by atoms with Crippen molar-refractivity contribution in [2.24, 2.45) is 4.99 Å². The number of halogens is 2. The Morgan fingerprint density at radius 3 is 2.75 bits per heavy atom. The zero-order chi connectivity index (χ0) is 17.4. The average molecular weight is 341 g/mol. The van der Waals surface area contributed by atoms with Crippen LogP contribution in [0.3, 0.4) is 0 Å². The second-order valence-corrected chi connectivity index (χ2v) is 5.61. The number of nitrogens with zero attached hydrogens (tertiary/aromatic N) is 1. The summed E-state index contributed by atoms with van der Waals surface area (Å²) in [6.07, 6.45) is 3.11. The summed E-state index contributed by atoms with van der Waals surface area (Å²) < 4.78 is 35.4. The summed E-state index contributed by atoms with van der Waals surface area (Å²) in [5.74, 6) is 1.31. The van der Waals surface area contributed by atoms with Crippen LogP contribution >= 0.6 is 0 Å². The van der Waals surface area contributed by atoms with E-state index in [-0.39, 0.29) is 12.3 Å². The molecule has 0 saturated heterocycles. The van der Waals surface area contributed by atoms with Crippen molar-refractivity contribution in [3.63, 3.8) is 0 Å². The molecule has 24 heavy (non-hydrogen) atoms. The van der Waals surface area contributed by atoms with Crippen molar-refractivity contribution in [3.8, 4) is 11.5 Å². The van der Waals surface area contributed by atoms with Crippen molar-refractivity contribution in [3.05, 3.63) is 23.8 Å². The lowest BCUT2D eigenvalue weighted by Gasteiger charge is -2.14. The third-order valence-corrected chi connectivity index (χ3v) is 3.40. The number of hydrogen-bond donors (Lipinski definition) is 2. The highest BCUT2D eigenvalue weighted by atomic mass is 19.3. The minimum Gasteiger partial charge on any atom is -0.493 e. The Bertz CT molecular complexity index is 549. The normalized spacial score (nSPS) is 14.6. The van der Waals surface area contributed by atoms with E-state index in [4.69, 9.17) is 4.74 Å². The van der Waals surface area contributed by atoms with Crippen LogP contribution in [0.1, 0.15) is 38.7 Å². The molecule has 1 fully saturated rings. The maximum absolute atomic E-state index is 12.7. The fourth-order valence-corrected chi connectivity index (χ4v) is 2.09. The molecule has 7 heteroatoms. The average Bonchev–Trinajstić information content (AvgIpc) is 3.35. The first-order valence-electron chi connectivity index (χ1n) is 8.37. The molecule has 1 aliphatic rings. The molecule has 0 unspecified atom stereocenters. The predicted molar refractivity (Wildman–Crippen MR) is 89.8 cm³/mol. The zero-order valence-electron chi connectivity index (χ0n) is 14.1. The number of hydrogen-bond acceptors (Lipinski definition) is 3. The van der Waals surface area contributed by atoms with Gasteiger partial charge < -0.3 is 20.1 Å². The minimum absolute atomic E-state index is 0.102. The number of benzene rings is 1. The van der Waals surface area contributed by atoms with E-state index in [1.54, 1.807) is 12.1 Å². The lowest BCUT2D eigenvalue weighted by Crippen LogP contribution is -2.38. The van der Waals surface area contributed by atoms with Gasteiger partial charge >= 0.3 is 6.61 Å². The summed E-state index contributed by atoms with van der Waals surface area (Å²) in [5, 5.41) is 6.44. The van der Waals surface area contributed by atoms with Crippen LogP contribution in [0.5, 0.6) is 11.5 Å². The Balaban J connectivity index is 2.10. The quantitative estimate of drug-likeness (QED) is 0.535. The first-order valence-corrected chi connectivity index (χ1v) is 8.37. The molecule has 0 bridgehead atoms. The Hall–Kier alpha value is -2.05. The van der Waals surface area contributed by atoms with Gasteiger partial charge in [0.25, 0.3) is 0 Å². The molecule has 0 heterocycles. The Morgan fingerprint density at radius 2 is 2.12 bits per heavy atom. The van der Waals surface area contributed by atoms with Crippen LogP contribution in [0.4, 0.5) is 8.78 Å². The summed E-state index contributed by atoms with van der Waals surface area (Å²) in [5.41, 5.74) is 0.590. The molecule has 1 aromatic rings. The van der Waals surface area contributed by atoms with Crippen LogP contribution in [-0.4, -0.2) is 31.8 Å². The maximum atomic E-state index is 12.7. The largest absolute Gasteiger partial charge is 0.493 e. The molecular formula is C17H25F2N3O2. The molecule has 0 atom stereocenters. The van der Waals surface area contributed by atoms with Gasteiger partial charge in [0.1, 0.15) is 11.5 Å². The molecule has 0 aromatic heterocycles. The van der Waals surface area contributed by atoms with E-state index in [2.05, 4.69) is 20.4 Å². The maximum Gasteiger partial charge on any atom is 0.387 e. The topological polar surface area (TPSA) is 54.9 Å². The van der Waals surface area contributed by atoms with Crippen LogP contribution in [0.15, 0.2) is 23.2 Å². The van der Waals surface area contributed by atoms with Crippen molar-refractivity contribution in [1.29, 1.82) is 0 Å². The van der Waals surface area contributed by atoms with Gasteiger partial charge in [-0.1, -0.05) is 6.92 Å². The first-order chi connectivity index (χ1) is 11.6. The van der Waals surface area contributed by atoms with E-state index in [0.29, 0.717) is 29.9 Å². The van der Waals surface area contributed by atoms with Crippen molar-refractivity contribution in [2.45, 2.75) is 52.3 Å². The lowest BCUT2D eigenvalue weighted by molar-refractivity contribution is -0.0505. The summed E-state index contributed by atoms with van der Waals surface area (Å²) in [6, 6.07) is 5.42. The van der Waals surface area contributed by atoms with E-state index in [0.717, 1.165) is 25.8 Å². The van der Waals surface area contributed by atoms with E-state index in [1.807, 2.05) is 13.8 Å². The van der Waals surface area contributed by atoms with Gasteiger partial charge in [-0.2, -0.15) is 8.78 Å². The first kappa shape index (κ1) is 18.3. The third-order valence-electron chi connectivity index (χ3n) is 3.40. The molecule has 134 valence electrons. The standard InChI is InChI=1S/C17H25F2N3O2/c1-3-9-23-14-8-5-12(15(10-14)24-16(18)19)11-21-17(20-4-2)22-13-6-7-13/h5,8,10,13,16H,3-4,6-7,9,11H2,1-2H3,(H2,20,21,22). The third kappa shape index (κ3) is 6.22. The minimum atomic E-state index is -2.88. The number of aliphatic imine (C=N–C) groups is 1. The van der Waals surface area contributed by atoms with E-state index < -0.39 is 6.61 Å². The summed E-state index contributed by atoms with van der Waals surface area (Å²) in [7, 11) is 0. The van der Waals surface area contributed by atoms with Gasteiger partial charge in [0.15, 0.2) is 5.96 Å². The van der Waals surface area contributed by atoms with Gasteiger partial charge in [0.05, 0.1) is 13.2 Å². The monoisotopic (exact) mass is 341 g/mol. The lowest BCUT2D eigenvalue weighted by atomic mass is 10.2. The molecule has 1 aromatic carbocycles. The van der Waals surface area contributed by atoms with Crippen LogP contribution < -0.4 is 20.1 Å². The molecule has 2 rings (SSSR count). The van der Waals surface area contributed by atoms with Gasteiger partial charge in [-0.3, -0.25) is 0 Å². The van der Waals surface area contributed by atoms with Gasteiger partial charge in [0.2, 0.25) is 0 Å². The van der Waals surface area contributed by atoms with E-state index in [1.165, 1.54) is 6.07 Å². The molecule has 0 aliphatic heterocycles. The van der Waals surface area contributed by atoms with Crippen LogP contribution in [-0.2, 0) is 6.54 Å². The fourth-order valence-electron chi connectivity index (χ4n) is 2.09. The number of rotatable bonds is 9. The van der Waals surface area contributed by atoms with Crippen LogP contribution in [0, 0.1) is 0 Å². The zero-order valence-corrected chi connectivity index (χ0v) is 14.1. The van der Waals surface area contributed by atoms with Crippen molar-refractivity contribution >= 4 is 5.96 Å². The SMILES string of the molecule is CCCOc1ccc(CN=C(NCC)NC2CC2)c(OC(F)F)c1. The Labute approximate surface area is 141 Å². The molecular weight excluding hydrogens is 316 g/mol.